The first-order valence-corrected chi connectivity index (χ1v) is 8.11. The van der Waals surface area contributed by atoms with E-state index in [1.807, 2.05) is 0 Å². The fourth-order valence-electron chi connectivity index (χ4n) is 3.94. The molecule has 2 saturated carbocycles. The molecule has 0 aliphatic heterocycles. The predicted molar refractivity (Wildman–Crippen MR) is 79.6 cm³/mol. The second-order valence-electron chi connectivity index (χ2n) is 6.06. The number of benzene rings is 1. The van der Waals surface area contributed by atoms with E-state index >= 15 is 0 Å². The Balaban J connectivity index is 1.73. The Morgan fingerprint density at radius 2 is 2.16 bits per heavy atom. The molecule has 2 aliphatic rings. The second kappa shape index (κ2) is 5.34. The molecule has 2 fully saturated rings. The predicted octanol–water partition coefficient (Wildman–Crippen LogP) is 5.07. The maximum atomic E-state index is 14.0. The maximum Gasteiger partial charge on any atom is 0.129 e. The van der Waals surface area contributed by atoms with Crippen LogP contribution in [0, 0.1) is 23.6 Å². The average Bonchev–Trinajstić information content (AvgIpc) is 2.95. The van der Waals surface area contributed by atoms with Gasteiger partial charge in [0.05, 0.1) is 5.02 Å². The van der Waals surface area contributed by atoms with Crippen molar-refractivity contribution < 1.29 is 4.39 Å². The van der Waals surface area contributed by atoms with Gasteiger partial charge >= 0.3 is 0 Å². The number of rotatable bonds is 3. The molecule has 2 aliphatic carbocycles. The fraction of sp³-hybridized carbons (Fsp3) is 0.600. The zero-order valence-corrected chi connectivity index (χ0v) is 13.1. The first-order valence-electron chi connectivity index (χ1n) is 6.94. The van der Waals surface area contributed by atoms with Crippen molar-refractivity contribution in [2.45, 2.75) is 38.1 Å². The molecule has 19 heavy (non-hydrogen) atoms. The third-order valence-electron chi connectivity index (χ3n) is 4.88. The highest BCUT2D eigenvalue weighted by molar-refractivity contribution is 9.10. The van der Waals surface area contributed by atoms with E-state index in [1.54, 1.807) is 6.07 Å². The molecule has 4 heteroatoms. The van der Waals surface area contributed by atoms with E-state index in [2.05, 4.69) is 15.9 Å². The van der Waals surface area contributed by atoms with E-state index in [0.717, 1.165) is 18.3 Å². The largest absolute Gasteiger partial charge is 0.324 e. The summed E-state index contributed by atoms with van der Waals surface area (Å²) in [5.41, 5.74) is 6.76. The SMILES string of the molecule is NC(CC1CC2CCC1C2)c1cc(Cl)c(Br)cc1F. The summed E-state index contributed by atoms with van der Waals surface area (Å²) in [5.74, 6) is 2.15. The van der Waals surface area contributed by atoms with Crippen molar-refractivity contribution in [3.8, 4) is 0 Å². The zero-order valence-electron chi connectivity index (χ0n) is 10.7. The van der Waals surface area contributed by atoms with Crippen molar-refractivity contribution in [3.63, 3.8) is 0 Å². The minimum absolute atomic E-state index is 0.241. The highest BCUT2D eigenvalue weighted by atomic mass is 79.9. The average molecular weight is 347 g/mol. The lowest BCUT2D eigenvalue weighted by Gasteiger charge is -2.25. The van der Waals surface area contributed by atoms with Crippen LogP contribution in [0.25, 0.3) is 0 Å². The third-order valence-corrected chi connectivity index (χ3v) is 6.08. The minimum atomic E-state index is -0.257. The molecule has 0 amide bonds. The molecule has 0 saturated heterocycles. The van der Waals surface area contributed by atoms with Crippen LogP contribution in [-0.4, -0.2) is 0 Å². The van der Waals surface area contributed by atoms with E-state index in [9.17, 15) is 4.39 Å². The van der Waals surface area contributed by atoms with Gasteiger partial charge in [-0.15, -0.1) is 0 Å². The van der Waals surface area contributed by atoms with Crippen LogP contribution in [0.3, 0.4) is 0 Å². The molecule has 104 valence electrons. The molecule has 0 heterocycles. The quantitative estimate of drug-likeness (QED) is 0.760. The molecule has 0 aromatic heterocycles. The van der Waals surface area contributed by atoms with Gasteiger partial charge in [0.1, 0.15) is 5.82 Å². The van der Waals surface area contributed by atoms with Crippen LogP contribution in [0.5, 0.6) is 0 Å². The van der Waals surface area contributed by atoms with Crippen LogP contribution in [0.4, 0.5) is 4.39 Å². The Hall–Kier alpha value is -0.120. The van der Waals surface area contributed by atoms with E-state index in [0.29, 0.717) is 21.0 Å². The van der Waals surface area contributed by atoms with Crippen molar-refractivity contribution >= 4 is 27.5 Å². The summed E-state index contributed by atoms with van der Waals surface area (Å²) in [6, 6.07) is 2.84. The van der Waals surface area contributed by atoms with Gasteiger partial charge in [-0.3, -0.25) is 0 Å². The van der Waals surface area contributed by atoms with Gasteiger partial charge in [-0.25, -0.2) is 4.39 Å². The maximum absolute atomic E-state index is 14.0. The summed E-state index contributed by atoms with van der Waals surface area (Å²) in [6.07, 6.45) is 6.25. The van der Waals surface area contributed by atoms with Crippen molar-refractivity contribution in [3.05, 3.63) is 33.0 Å². The molecule has 0 spiro atoms. The summed E-state index contributed by atoms with van der Waals surface area (Å²) < 4.78 is 14.6. The number of nitrogens with two attached hydrogens (primary N) is 1. The highest BCUT2D eigenvalue weighted by Crippen LogP contribution is 2.50. The van der Waals surface area contributed by atoms with Gasteiger partial charge in [0.25, 0.3) is 0 Å². The van der Waals surface area contributed by atoms with Crippen molar-refractivity contribution in [1.82, 2.24) is 0 Å². The van der Waals surface area contributed by atoms with E-state index in [1.165, 1.54) is 31.7 Å². The molecule has 4 unspecified atom stereocenters. The first-order chi connectivity index (χ1) is 9.04. The van der Waals surface area contributed by atoms with Gasteiger partial charge < -0.3 is 5.73 Å². The smallest absolute Gasteiger partial charge is 0.129 e. The molecule has 1 nitrogen and oxygen atoms in total. The minimum Gasteiger partial charge on any atom is -0.324 e. The van der Waals surface area contributed by atoms with E-state index in [-0.39, 0.29) is 11.9 Å². The van der Waals surface area contributed by atoms with Crippen LogP contribution in [0.15, 0.2) is 16.6 Å². The van der Waals surface area contributed by atoms with Crippen LogP contribution in [-0.2, 0) is 0 Å². The van der Waals surface area contributed by atoms with Gasteiger partial charge in [0.2, 0.25) is 0 Å². The van der Waals surface area contributed by atoms with Gasteiger partial charge in [-0.1, -0.05) is 18.0 Å². The summed E-state index contributed by atoms with van der Waals surface area (Å²) in [7, 11) is 0. The second-order valence-corrected chi connectivity index (χ2v) is 7.33. The molecule has 3 rings (SSSR count). The zero-order chi connectivity index (χ0) is 13.6. The summed E-state index contributed by atoms with van der Waals surface area (Å²) in [4.78, 5) is 0. The monoisotopic (exact) mass is 345 g/mol. The lowest BCUT2D eigenvalue weighted by molar-refractivity contribution is 0.294. The molecule has 1 aromatic carbocycles. The summed E-state index contributed by atoms with van der Waals surface area (Å²) >= 11 is 9.27. The number of halogens is 3. The van der Waals surface area contributed by atoms with E-state index < -0.39 is 0 Å². The van der Waals surface area contributed by atoms with Gasteiger partial charge in [-0.05, 0) is 71.5 Å². The van der Waals surface area contributed by atoms with E-state index in [4.69, 9.17) is 17.3 Å². The normalized spacial score (nSPS) is 30.8. The molecule has 2 N–H and O–H groups in total. The number of fused-ring (bicyclic) bond motifs is 2. The highest BCUT2D eigenvalue weighted by Gasteiger charge is 2.40. The van der Waals surface area contributed by atoms with Crippen LogP contribution in [0.2, 0.25) is 5.02 Å². The Kier molecular flexibility index (Phi) is 3.89. The number of hydrogen-bond acceptors (Lipinski definition) is 1. The molecule has 4 atom stereocenters. The Morgan fingerprint density at radius 3 is 2.79 bits per heavy atom. The number of hydrogen-bond donors (Lipinski definition) is 1. The molecular weight excluding hydrogens is 329 g/mol. The van der Waals surface area contributed by atoms with Crippen LogP contribution >= 0.6 is 27.5 Å². The van der Waals surface area contributed by atoms with Crippen LogP contribution in [0.1, 0.15) is 43.7 Å². The fourth-order valence-corrected chi connectivity index (χ4v) is 4.43. The Morgan fingerprint density at radius 1 is 1.37 bits per heavy atom. The standard InChI is InChI=1S/C15H18BrClFN/c16-12-7-14(18)11(6-13(12)17)15(19)5-10-4-8-1-2-9(10)3-8/h6-10,15H,1-5,19H2. The lowest BCUT2D eigenvalue weighted by Crippen LogP contribution is -2.20. The molecular formula is C15H18BrClFN. The van der Waals surface area contributed by atoms with Crippen molar-refractivity contribution in [2.24, 2.45) is 23.5 Å². The van der Waals surface area contributed by atoms with Crippen LogP contribution < -0.4 is 5.73 Å². The topological polar surface area (TPSA) is 26.0 Å². The Labute approximate surface area is 126 Å². The van der Waals surface area contributed by atoms with Gasteiger partial charge in [0.15, 0.2) is 0 Å². The summed E-state index contributed by atoms with van der Waals surface area (Å²) in [5, 5.41) is 0.528. The van der Waals surface area contributed by atoms with Gasteiger partial charge in [-0.2, -0.15) is 0 Å². The van der Waals surface area contributed by atoms with Crippen molar-refractivity contribution in [2.75, 3.05) is 0 Å². The Bertz CT molecular complexity index is 493. The lowest BCUT2D eigenvalue weighted by atomic mass is 9.83. The van der Waals surface area contributed by atoms with Crippen molar-refractivity contribution in [1.29, 1.82) is 0 Å². The third kappa shape index (κ3) is 2.70. The molecule has 1 aromatic rings. The first kappa shape index (κ1) is 13.8. The summed E-state index contributed by atoms with van der Waals surface area (Å²) in [6.45, 7) is 0. The van der Waals surface area contributed by atoms with Gasteiger partial charge in [0, 0.05) is 16.1 Å². The molecule has 2 bridgehead atoms. The molecule has 0 radical (unpaired) electrons.